The number of hydrogen-bond acceptors (Lipinski definition) is 5. The zero-order chi connectivity index (χ0) is 18.0. The summed E-state index contributed by atoms with van der Waals surface area (Å²) < 4.78 is 12.0. The molecule has 0 aliphatic heterocycles. The Hall–Kier alpha value is -2.08. The van der Waals surface area contributed by atoms with Gasteiger partial charge in [-0.2, -0.15) is 0 Å². The van der Waals surface area contributed by atoms with Crippen molar-refractivity contribution >= 4 is 29.6 Å². The van der Waals surface area contributed by atoms with Gasteiger partial charge in [-0.3, -0.25) is 4.72 Å². The van der Waals surface area contributed by atoms with Gasteiger partial charge in [0.2, 0.25) is 0 Å². The minimum Gasteiger partial charge on any atom is -0.497 e. The summed E-state index contributed by atoms with van der Waals surface area (Å²) in [6.45, 7) is 0.946. The molecule has 0 aliphatic carbocycles. The number of benzene rings is 3. The lowest BCUT2D eigenvalue weighted by Gasteiger charge is -2.08. The molecule has 2 N–H and O–H groups in total. The van der Waals surface area contributed by atoms with Crippen LogP contribution >= 0.6 is 23.9 Å². The van der Waals surface area contributed by atoms with Crippen LogP contribution in [0, 0.1) is 0 Å². The average molecular weight is 383 g/mol. The SMILES string of the molecule is COc1ccc(SNc2ccc(SNCCc3ccccc3)cc2)cc1. The Kier molecular flexibility index (Phi) is 7.31. The molecule has 0 unspecified atom stereocenters. The van der Waals surface area contributed by atoms with Crippen molar-refractivity contribution in [3.63, 3.8) is 0 Å². The minimum absolute atomic E-state index is 0.871. The topological polar surface area (TPSA) is 33.3 Å². The zero-order valence-electron chi connectivity index (χ0n) is 14.6. The Morgan fingerprint density at radius 1 is 0.769 bits per heavy atom. The van der Waals surface area contributed by atoms with Crippen LogP contribution in [-0.4, -0.2) is 13.7 Å². The lowest BCUT2D eigenvalue weighted by atomic mass is 10.2. The molecule has 0 aliphatic rings. The third kappa shape index (κ3) is 6.02. The molecule has 0 aromatic heterocycles. The van der Waals surface area contributed by atoms with Gasteiger partial charge in [0, 0.05) is 22.0 Å². The molecule has 0 fully saturated rings. The van der Waals surface area contributed by atoms with Crippen LogP contribution in [-0.2, 0) is 6.42 Å². The van der Waals surface area contributed by atoms with Gasteiger partial charge in [0.05, 0.1) is 7.11 Å². The Morgan fingerprint density at radius 2 is 1.42 bits per heavy atom. The highest BCUT2D eigenvalue weighted by Gasteiger charge is 1.99. The second-order valence-electron chi connectivity index (χ2n) is 5.64. The Morgan fingerprint density at radius 3 is 2.12 bits per heavy atom. The second-order valence-corrected chi connectivity index (χ2v) is 7.48. The first-order chi connectivity index (χ1) is 12.8. The minimum atomic E-state index is 0.871. The summed E-state index contributed by atoms with van der Waals surface area (Å²) in [6.07, 6.45) is 1.03. The van der Waals surface area contributed by atoms with Gasteiger partial charge in [0.15, 0.2) is 0 Å². The smallest absolute Gasteiger partial charge is 0.118 e. The van der Waals surface area contributed by atoms with Gasteiger partial charge in [-0.15, -0.1) is 0 Å². The average Bonchev–Trinajstić information content (AvgIpc) is 2.72. The molecule has 26 heavy (non-hydrogen) atoms. The summed E-state index contributed by atoms with van der Waals surface area (Å²) in [7, 11) is 1.68. The van der Waals surface area contributed by atoms with Crippen molar-refractivity contribution < 1.29 is 4.74 Å². The van der Waals surface area contributed by atoms with Crippen LogP contribution in [0.25, 0.3) is 0 Å². The number of hydrogen-bond donors (Lipinski definition) is 2. The van der Waals surface area contributed by atoms with E-state index in [4.69, 9.17) is 4.74 Å². The number of rotatable bonds is 9. The molecule has 0 atom stereocenters. The van der Waals surface area contributed by atoms with Crippen LogP contribution in [0.3, 0.4) is 0 Å². The number of nitrogens with one attached hydrogen (secondary N) is 2. The zero-order valence-corrected chi connectivity index (χ0v) is 16.3. The van der Waals surface area contributed by atoms with Gasteiger partial charge >= 0.3 is 0 Å². The molecule has 0 heterocycles. The number of methoxy groups -OCH3 is 1. The molecule has 0 saturated heterocycles. The van der Waals surface area contributed by atoms with E-state index >= 15 is 0 Å². The van der Waals surface area contributed by atoms with Crippen LogP contribution in [0.2, 0.25) is 0 Å². The number of anilines is 1. The van der Waals surface area contributed by atoms with E-state index in [1.807, 2.05) is 30.3 Å². The van der Waals surface area contributed by atoms with Gasteiger partial charge in [0.1, 0.15) is 5.75 Å². The summed E-state index contributed by atoms with van der Waals surface area (Å²) >= 11 is 3.26. The quantitative estimate of drug-likeness (QED) is 0.369. The molecule has 3 aromatic rings. The van der Waals surface area contributed by atoms with Crippen molar-refractivity contribution in [2.45, 2.75) is 16.2 Å². The molecule has 0 radical (unpaired) electrons. The van der Waals surface area contributed by atoms with Crippen molar-refractivity contribution in [3.8, 4) is 5.75 Å². The van der Waals surface area contributed by atoms with Crippen molar-refractivity contribution in [2.24, 2.45) is 0 Å². The molecule has 0 saturated carbocycles. The third-order valence-corrected chi connectivity index (χ3v) is 5.45. The Bertz CT molecular complexity index is 777. The first-order valence-electron chi connectivity index (χ1n) is 8.44. The molecule has 5 heteroatoms. The van der Waals surface area contributed by atoms with Crippen molar-refractivity contribution in [3.05, 3.63) is 84.4 Å². The van der Waals surface area contributed by atoms with E-state index in [1.54, 1.807) is 31.0 Å². The van der Waals surface area contributed by atoms with Gasteiger partial charge in [-0.05, 0) is 84.4 Å². The molecule has 134 valence electrons. The Labute approximate surface area is 163 Å². The van der Waals surface area contributed by atoms with E-state index in [-0.39, 0.29) is 0 Å². The van der Waals surface area contributed by atoms with Crippen molar-refractivity contribution in [1.82, 2.24) is 4.72 Å². The van der Waals surface area contributed by atoms with E-state index < -0.39 is 0 Å². The summed E-state index contributed by atoms with van der Waals surface area (Å²) in [4.78, 5) is 2.35. The highest BCUT2D eigenvalue weighted by Crippen LogP contribution is 2.25. The summed E-state index contributed by atoms with van der Waals surface area (Å²) in [5.41, 5.74) is 2.44. The van der Waals surface area contributed by atoms with Crippen molar-refractivity contribution in [2.75, 3.05) is 18.4 Å². The van der Waals surface area contributed by atoms with Crippen molar-refractivity contribution in [1.29, 1.82) is 0 Å². The van der Waals surface area contributed by atoms with Crippen LogP contribution < -0.4 is 14.2 Å². The highest BCUT2D eigenvalue weighted by molar-refractivity contribution is 8.00. The standard InChI is InChI=1S/C21H22N2OS2/c1-24-19-9-13-21(14-10-19)26-23-18-7-11-20(12-8-18)25-22-16-15-17-5-3-2-4-6-17/h2-14,22-23H,15-16H2,1H3. The van der Waals surface area contributed by atoms with Gasteiger partial charge in [-0.25, -0.2) is 0 Å². The molecule has 0 amide bonds. The molecular weight excluding hydrogens is 360 g/mol. The lowest BCUT2D eigenvalue weighted by molar-refractivity contribution is 0.414. The maximum atomic E-state index is 5.17. The normalized spacial score (nSPS) is 10.5. The van der Waals surface area contributed by atoms with E-state index in [1.165, 1.54) is 10.5 Å². The van der Waals surface area contributed by atoms with Crippen LogP contribution in [0.5, 0.6) is 5.75 Å². The molecule has 3 nitrogen and oxygen atoms in total. The molecule has 0 bridgehead atoms. The number of ether oxygens (including phenoxy) is 1. The predicted molar refractivity (Wildman–Crippen MR) is 113 cm³/mol. The van der Waals surface area contributed by atoms with Crippen LogP contribution in [0.15, 0.2) is 88.7 Å². The second kappa shape index (κ2) is 10.2. The first-order valence-corrected chi connectivity index (χ1v) is 10.1. The maximum absolute atomic E-state index is 5.17. The fraction of sp³-hybridized carbons (Fsp3) is 0.143. The van der Waals surface area contributed by atoms with E-state index in [0.29, 0.717) is 0 Å². The van der Waals surface area contributed by atoms with Gasteiger partial charge < -0.3 is 9.46 Å². The highest BCUT2D eigenvalue weighted by atomic mass is 32.2. The molecule has 3 aromatic carbocycles. The van der Waals surface area contributed by atoms with E-state index in [9.17, 15) is 0 Å². The van der Waals surface area contributed by atoms with Gasteiger partial charge in [-0.1, -0.05) is 30.3 Å². The first kappa shape index (κ1) is 18.7. The fourth-order valence-corrected chi connectivity index (χ4v) is 3.61. The largest absolute Gasteiger partial charge is 0.497 e. The predicted octanol–water partition coefficient (Wildman–Crippen LogP) is 5.65. The maximum Gasteiger partial charge on any atom is 0.118 e. The summed E-state index contributed by atoms with van der Waals surface area (Å²) in [5.74, 6) is 0.871. The van der Waals surface area contributed by atoms with E-state index in [2.05, 4.69) is 58.0 Å². The summed E-state index contributed by atoms with van der Waals surface area (Å²) in [6, 6.07) is 27.0. The summed E-state index contributed by atoms with van der Waals surface area (Å²) in [5, 5.41) is 0. The van der Waals surface area contributed by atoms with Gasteiger partial charge in [0.25, 0.3) is 0 Å². The molecular formula is C21H22N2OS2. The fourth-order valence-electron chi connectivity index (χ4n) is 2.33. The molecule has 0 spiro atoms. The molecule has 3 rings (SSSR count). The van der Waals surface area contributed by atoms with E-state index in [0.717, 1.165) is 29.3 Å². The van der Waals surface area contributed by atoms with Crippen LogP contribution in [0.4, 0.5) is 5.69 Å². The van der Waals surface area contributed by atoms with Crippen LogP contribution in [0.1, 0.15) is 5.56 Å². The Balaban J connectivity index is 1.40. The monoisotopic (exact) mass is 382 g/mol. The third-order valence-electron chi connectivity index (χ3n) is 3.75. The lowest BCUT2D eigenvalue weighted by Crippen LogP contribution is -2.08.